The van der Waals surface area contributed by atoms with Gasteiger partial charge >= 0.3 is 12.0 Å². The number of nitrogens with zero attached hydrogens (tertiary/aromatic N) is 2. The molecule has 1 heterocycles. The highest BCUT2D eigenvalue weighted by Crippen LogP contribution is 2.24. The smallest absolute Gasteiger partial charge is 0.324 e. The zero-order chi connectivity index (χ0) is 16.2. The van der Waals surface area contributed by atoms with Gasteiger partial charge < -0.3 is 14.9 Å². The number of hydrogen-bond donors (Lipinski definition) is 2. The van der Waals surface area contributed by atoms with Crippen LogP contribution in [0.5, 0.6) is 0 Å². The van der Waals surface area contributed by atoms with Crippen LogP contribution in [0.3, 0.4) is 0 Å². The molecule has 1 atom stereocenters. The molecule has 0 spiro atoms. The third kappa shape index (κ3) is 5.71. The van der Waals surface area contributed by atoms with E-state index < -0.39 is 23.3 Å². The molecule has 21 heavy (non-hydrogen) atoms. The predicted molar refractivity (Wildman–Crippen MR) is 77.9 cm³/mol. The van der Waals surface area contributed by atoms with Gasteiger partial charge in [-0.1, -0.05) is 13.8 Å². The molecule has 7 heteroatoms. The van der Waals surface area contributed by atoms with Crippen molar-refractivity contribution in [1.29, 1.82) is 0 Å². The zero-order valence-electron chi connectivity index (χ0n) is 13.2. The maximum absolute atomic E-state index is 12.0. The predicted octanol–water partition coefficient (Wildman–Crippen LogP) is 0.750. The fourth-order valence-corrected chi connectivity index (χ4v) is 2.38. The summed E-state index contributed by atoms with van der Waals surface area (Å²) in [6.07, 6.45) is -0.103. The van der Waals surface area contributed by atoms with Crippen LogP contribution in [0.4, 0.5) is 4.79 Å². The second kappa shape index (κ2) is 6.89. The van der Waals surface area contributed by atoms with Crippen molar-refractivity contribution in [3.05, 3.63) is 0 Å². The summed E-state index contributed by atoms with van der Waals surface area (Å²) in [5.74, 6) is -1.38. The lowest BCUT2D eigenvalue weighted by Crippen LogP contribution is -2.55. The highest BCUT2D eigenvalue weighted by Gasteiger charge is 2.28. The molecule has 1 rings (SSSR count). The molecular formula is C14H25N3O4. The Balaban J connectivity index is 2.47. The van der Waals surface area contributed by atoms with Crippen LogP contribution in [-0.2, 0) is 9.59 Å². The average molecular weight is 299 g/mol. The van der Waals surface area contributed by atoms with Gasteiger partial charge in [-0.15, -0.1) is 0 Å². The molecule has 0 aromatic carbocycles. The first-order chi connectivity index (χ1) is 9.60. The zero-order valence-corrected chi connectivity index (χ0v) is 13.2. The van der Waals surface area contributed by atoms with Gasteiger partial charge in [0.15, 0.2) is 0 Å². The lowest BCUT2D eigenvalue weighted by atomic mass is 9.85. The maximum atomic E-state index is 12.0. The van der Waals surface area contributed by atoms with E-state index in [1.165, 1.54) is 0 Å². The molecule has 0 aliphatic carbocycles. The molecule has 1 fully saturated rings. The second-order valence-electron chi connectivity index (χ2n) is 6.54. The van der Waals surface area contributed by atoms with Gasteiger partial charge in [-0.25, -0.2) is 4.79 Å². The highest BCUT2D eigenvalue weighted by atomic mass is 16.4. The van der Waals surface area contributed by atoms with E-state index in [1.54, 1.807) is 18.7 Å². The third-order valence-electron chi connectivity index (χ3n) is 3.76. The van der Waals surface area contributed by atoms with Crippen molar-refractivity contribution in [2.24, 2.45) is 5.41 Å². The fourth-order valence-electron chi connectivity index (χ4n) is 2.38. The van der Waals surface area contributed by atoms with Crippen LogP contribution in [0.1, 0.15) is 33.6 Å². The van der Waals surface area contributed by atoms with Crippen LogP contribution >= 0.6 is 0 Å². The monoisotopic (exact) mass is 299 g/mol. The van der Waals surface area contributed by atoms with Gasteiger partial charge in [-0.05, 0) is 19.4 Å². The molecule has 0 aromatic rings. The van der Waals surface area contributed by atoms with Crippen molar-refractivity contribution in [2.75, 3.05) is 26.7 Å². The Bertz CT molecular complexity index is 422. The molecule has 2 N–H and O–H groups in total. The molecule has 0 bridgehead atoms. The van der Waals surface area contributed by atoms with Crippen molar-refractivity contribution in [2.45, 2.75) is 39.7 Å². The standard InChI is InChI=1S/C14H25N3O4/c1-10-9-17(6-5-16(10)4)13(21)15-11(18)7-14(2,3)8-12(19)20/h10H,5-9H2,1-4H3,(H,19,20)(H,15,18,21). The van der Waals surface area contributed by atoms with E-state index in [2.05, 4.69) is 10.2 Å². The van der Waals surface area contributed by atoms with Crippen molar-refractivity contribution in [3.63, 3.8) is 0 Å². The van der Waals surface area contributed by atoms with E-state index in [0.29, 0.717) is 13.1 Å². The number of carboxylic acid groups (broad SMARTS) is 1. The average Bonchev–Trinajstić information content (AvgIpc) is 2.29. The minimum absolute atomic E-state index is 0.00827. The number of piperazine rings is 1. The number of rotatable bonds is 4. The number of urea groups is 1. The summed E-state index contributed by atoms with van der Waals surface area (Å²) in [4.78, 5) is 38.4. The summed E-state index contributed by atoms with van der Waals surface area (Å²) in [6.45, 7) is 7.35. The highest BCUT2D eigenvalue weighted by molar-refractivity contribution is 5.94. The topological polar surface area (TPSA) is 90.0 Å². The Kier molecular flexibility index (Phi) is 5.71. The van der Waals surface area contributed by atoms with Gasteiger partial charge in [0.1, 0.15) is 0 Å². The molecule has 3 amide bonds. The van der Waals surface area contributed by atoms with E-state index in [9.17, 15) is 14.4 Å². The van der Waals surface area contributed by atoms with E-state index in [4.69, 9.17) is 5.11 Å². The Labute approximate surface area is 125 Å². The van der Waals surface area contributed by atoms with Crippen molar-refractivity contribution < 1.29 is 19.5 Å². The molecule has 0 radical (unpaired) electrons. The number of aliphatic carboxylic acids is 1. The number of amides is 3. The molecule has 1 unspecified atom stereocenters. The molecular weight excluding hydrogens is 274 g/mol. The Morgan fingerprint density at radius 3 is 2.38 bits per heavy atom. The van der Waals surface area contributed by atoms with E-state index >= 15 is 0 Å². The number of likely N-dealkylation sites (N-methyl/N-ethyl adjacent to an activating group) is 1. The summed E-state index contributed by atoms with van der Waals surface area (Å²) in [7, 11) is 2.00. The van der Waals surface area contributed by atoms with Crippen LogP contribution < -0.4 is 5.32 Å². The van der Waals surface area contributed by atoms with Crippen molar-refractivity contribution in [1.82, 2.24) is 15.1 Å². The number of carbonyl (C=O) groups is 3. The number of carbonyl (C=O) groups excluding carboxylic acids is 2. The number of hydrogen-bond acceptors (Lipinski definition) is 4. The number of carboxylic acids is 1. The quantitative estimate of drug-likeness (QED) is 0.799. The Hall–Kier alpha value is -1.63. The van der Waals surface area contributed by atoms with Gasteiger partial charge in [0.05, 0.1) is 6.42 Å². The SMILES string of the molecule is CC1CN(C(=O)NC(=O)CC(C)(C)CC(=O)O)CCN1C. The Morgan fingerprint density at radius 1 is 1.24 bits per heavy atom. The molecule has 1 aliphatic heterocycles. The van der Waals surface area contributed by atoms with Gasteiger partial charge in [0.2, 0.25) is 5.91 Å². The summed E-state index contributed by atoms with van der Waals surface area (Å²) >= 11 is 0. The lowest BCUT2D eigenvalue weighted by molar-refractivity contribution is -0.139. The Morgan fingerprint density at radius 2 is 1.86 bits per heavy atom. The van der Waals surface area contributed by atoms with Crippen molar-refractivity contribution in [3.8, 4) is 0 Å². The second-order valence-corrected chi connectivity index (χ2v) is 6.54. The molecule has 0 saturated carbocycles. The van der Waals surface area contributed by atoms with Gasteiger partial charge in [-0.2, -0.15) is 0 Å². The van der Waals surface area contributed by atoms with Crippen LogP contribution in [0.15, 0.2) is 0 Å². The largest absolute Gasteiger partial charge is 0.481 e. The summed E-state index contributed by atoms with van der Waals surface area (Å²) in [5, 5.41) is 11.1. The first-order valence-electron chi connectivity index (χ1n) is 7.11. The maximum Gasteiger partial charge on any atom is 0.324 e. The van der Waals surface area contributed by atoms with E-state index in [0.717, 1.165) is 6.54 Å². The summed E-state index contributed by atoms with van der Waals surface area (Å²) in [5.41, 5.74) is -0.675. The molecule has 1 aliphatic rings. The molecule has 0 aromatic heterocycles. The van der Waals surface area contributed by atoms with Crippen LogP contribution in [0.25, 0.3) is 0 Å². The molecule has 120 valence electrons. The normalized spacial score (nSPS) is 20.2. The number of imide groups is 1. The van der Waals surface area contributed by atoms with Crippen LogP contribution in [0.2, 0.25) is 0 Å². The lowest BCUT2D eigenvalue weighted by Gasteiger charge is -2.37. The van der Waals surface area contributed by atoms with E-state index in [1.807, 2.05) is 14.0 Å². The van der Waals surface area contributed by atoms with Crippen LogP contribution in [-0.4, -0.2) is 65.5 Å². The summed E-state index contributed by atoms with van der Waals surface area (Å²) in [6, 6.07) is -0.144. The summed E-state index contributed by atoms with van der Waals surface area (Å²) < 4.78 is 0. The fraction of sp³-hybridized carbons (Fsp3) is 0.786. The number of nitrogens with one attached hydrogen (secondary N) is 1. The van der Waals surface area contributed by atoms with Gasteiger partial charge in [-0.3, -0.25) is 14.9 Å². The first kappa shape index (κ1) is 17.4. The first-order valence-corrected chi connectivity index (χ1v) is 7.11. The van der Waals surface area contributed by atoms with Gasteiger partial charge in [0.25, 0.3) is 0 Å². The van der Waals surface area contributed by atoms with E-state index in [-0.39, 0.29) is 18.9 Å². The minimum atomic E-state index is -0.952. The minimum Gasteiger partial charge on any atom is -0.481 e. The third-order valence-corrected chi connectivity index (χ3v) is 3.76. The van der Waals surface area contributed by atoms with Crippen LogP contribution in [0, 0.1) is 5.41 Å². The van der Waals surface area contributed by atoms with Gasteiger partial charge in [0, 0.05) is 32.1 Å². The molecule has 7 nitrogen and oxygen atoms in total. The van der Waals surface area contributed by atoms with Crippen molar-refractivity contribution >= 4 is 17.9 Å². The molecule has 1 saturated heterocycles.